The number of aliphatic hydroxyl groups is 1. The van der Waals surface area contributed by atoms with E-state index in [9.17, 15) is 5.11 Å². The van der Waals surface area contributed by atoms with E-state index in [4.69, 9.17) is 0 Å². The summed E-state index contributed by atoms with van der Waals surface area (Å²) in [6.07, 6.45) is 22.5. The summed E-state index contributed by atoms with van der Waals surface area (Å²) in [5.41, 5.74) is 0. The molecule has 0 saturated carbocycles. The first-order chi connectivity index (χ1) is 12.5. The lowest BCUT2D eigenvalue weighted by Gasteiger charge is -2.31. The molecule has 4 heteroatoms. The number of alkyl halides is 1. The fraction of sp³-hybridized carbons (Fsp3) is 1.00. The van der Waals surface area contributed by atoms with Gasteiger partial charge in [0.1, 0.15) is 12.6 Å². The van der Waals surface area contributed by atoms with E-state index in [1.165, 1.54) is 109 Å². The van der Waals surface area contributed by atoms with Crippen LogP contribution in [0.3, 0.4) is 0 Å². The van der Waals surface area contributed by atoms with Crippen molar-refractivity contribution in [2.24, 2.45) is 0 Å². The maximum atomic E-state index is 9.77. The van der Waals surface area contributed by atoms with E-state index in [0.29, 0.717) is 5.33 Å². The largest absolute Gasteiger partial charge is 1.00 e. The summed E-state index contributed by atoms with van der Waals surface area (Å²) in [6, 6.07) is 0. The minimum Gasteiger partial charge on any atom is -1.00 e. The van der Waals surface area contributed by atoms with E-state index in [1.807, 2.05) is 0 Å². The molecule has 0 aromatic heterocycles. The highest BCUT2D eigenvalue weighted by Gasteiger charge is 2.18. The Hall–Kier alpha value is 0.690. The second-order valence-electron chi connectivity index (χ2n) is 8.95. The monoisotopic (exact) mass is 469 g/mol. The van der Waals surface area contributed by atoms with Crippen LogP contribution >= 0.6 is 15.9 Å². The van der Waals surface area contributed by atoms with Gasteiger partial charge in [-0.1, -0.05) is 113 Å². The standard InChI is InChI=1S/C23H49BrNO.ClH/c1-4-5-6-7-8-9-10-11-12-13-14-15-16-17-18-19-20-25(2,3)22-23(26)21-24;/h23,26H,4-22H2,1-3H3;1H/q+1;/p-1. The molecule has 0 rings (SSSR count). The van der Waals surface area contributed by atoms with Crippen molar-refractivity contribution in [1.29, 1.82) is 0 Å². The predicted molar refractivity (Wildman–Crippen MR) is 121 cm³/mol. The molecule has 2 nitrogen and oxygen atoms in total. The number of quaternary nitrogens is 1. The van der Waals surface area contributed by atoms with Gasteiger partial charge in [-0.3, -0.25) is 0 Å². The third-order valence-corrected chi connectivity index (χ3v) is 6.25. The Balaban J connectivity index is 0. The van der Waals surface area contributed by atoms with Crippen LogP contribution in [-0.2, 0) is 0 Å². The highest BCUT2D eigenvalue weighted by molar-refractivity contribution is 9.09. The number of halogens is 2. The molecule has 1 atom stereocenters. The maximum absolute atomic E-state index is 9.77. The average Bonchev–Trinajstić information content (AvgIpc) is 2.60. The van der Waals surface area contributed by atoms with Crippen LogP contribution < -0.4 is 12.4 Å². The van der Waals surface area contributed by atoms with Crippen molar-refractivity contribution in [2.45, 2.75) is 116 Å². The summed E-state index contributed by atoms with van der Waals surface area (Å²) in [5, 5.41) is 10.5. The molecule has 0 radical (unpaired) electrons. The minimum atomic E-state index is -0.217. The molecule has 0 aromatic carbocycles. The summed E-state index contributed by atoms with van der Waals surface area (Å²) in [6.45, 7) is 4.33. The Bertz CT molecular complexity index is 290. The second-order valence-corrected chi connectivity index (χ2v) is 9.60. The first-order valence-corrected chi connectivity index (χ1v) is 12.7. The number of likely N-dealkylation sites (N-methyl/N-ethyl adjacent to an activating group) is 1. The van der Waals surface area contributed by atoms with Crippen LogP contribution in [0.1, 0.15) is 110 Å². The molecule has 0 saturated heterocycles. The van der Waals surface area contributed by atoms with Gasteiger partial charge >= 0.3 is 0 Å². The molecule has 1 N–H and O–H groups in total. The molecule has 0 bridgehead atoms. The van der Waals surface area contributed by atoms with Gasteiger partial charge in [0.05, 0.1) is 20.6 Å². The molecular weight excluding hydrogens is 422 g/mol. The lowest BCUT2D eigenvalue weighted by molar-refractivity contribution is -0.893. The number of nitrogens with zero attached hydrogens (tertiary/aromatic N) is 1. The van der Waals surface area contributed by atoms with E-state index in [0.717, 1.165) is 11.0 Å². The van der Waals surface area contributed by atoms with E-state index >= 15 is 0 Å². The van der Waals surface area contributed by atoms with Gasteiger partial charge in [-0.15, -0.1) is 0 Å². The molecule has 0 aliphatic heterocycles. The van der Waals surface area contributed by atoms with Crippen LogP contribution in [0.15, 0.2) is 0 Å². The van der Waals surface area contributed by atoms with E-state index in [-0.39, 0.29) is 18.5 Å². The Labute approximate surface area is 186 Å². The van der Waals surface area contributed by atoms with Gasteiger partial charge in [0.25, 0.3) is 0 Å². The lowest BCUT2D eigenvalue weighted by Crippen LogP contribution is -3.00. The van der Waals surface area contributed by atoms with Crippen LogP contribution in [-0.4, -0.2) is 48.2 Å². The zero-order chi connectivity index (χ0) is 19.5. The Morgan fingerprint density at radius 1 is 0.667 bits per heavy atom. The zero-order valence-corrected chi connectivity index (χ0v) is 21.0. The van der Waals surface area contributed by atoms with Crippen LogP contribution in [0, 0.1) is 0 Å². The average molecular weight is 471 g/mol. The number of rotatable bonds is 20. The SMILES string of the molecule is CCCCCCCCCCCCCCCCCC[N+](C)(C)CC(O)CBr.[Cl-]. The van der Waals surface area contributed by atoms with Crippen molar-refractivity contribution in [2.75, 3.05) is 32.5 Å². The molecule has 0 heterocycles. The molecule has 0 amide bonds. The molecule has 0 aromatic rings. The summed E-state index contributed by atoms with van der Waals surface area (Å²) >= 11 is 3.36. The van der Waals surface area contributed by atoms with Gasteiger partial charge in [0.15, 0.2) is 0 Å². The molecule has 1 unspecified atom stereocenters. The molecule has 166 valence electrons. The quantitative estimate of drug-likeness (QED) is 0.161. The van der Waals surface area contributed by atoms with Crippen LogP contribution in [0.25, 0.3) is 0 Å². The van der Waals surface area contributed by atoms with Gasteiger partial charge < -0.3 is 22.0 Å². The van der Waals surface area contributed by atoms with Crippen molar-refractivity contribution in [1.82, 2.24) is 0 Å². The fourth-order valence-corrected chi connectivity index (χ4v) is 4.00. The van der Waals surface area contributed by atoms with Crippen molar-refractivity contribution in [3.63, 3.8) is 0 Å². The van der Waals surface area contributed by atoms with E-state index < -0.39 is 0 Å². The Morgan fingerprint density at radius 3 is 1.33 bits per heavy atom. The molecule has 0 aliphatic rings. The zero-order valence-electron chi connectivity index (χ0n) is 18.7. The van der Waals surface area contributed by atoms with Crippen LogP contribution in [0.5, 0.6) is 0 Å². The first-order valence-electron chi connectivity index (χ1n) is 11.6. The van der Waals surface area contributed by atoms with Crippen molar-refractivity contribution in [3.05, 3.63) is 0 Å². The number of aliphatic hydroxyl groups excluding tert-OH is 1. The molecule has 0 aliphatic carbocycles. The summed E-state index contributed by atoms with van der Waals surface area (Å²) in [4.78, 5) is 0. The van der Waals surface area contributed by atoms with Gasteiger partial charge in [-0.05, 0) is 12.8 Å². The molecular formula is C23H49BrClNO. The maximum Gasteiger partial charge on any atom is 0.112 e. The summed E-state index contributed by atoms with van der Waals surface area (Å²) in [5.74, 6) is 0. The predicted octanol–water partition coefficient (Wildman–Crippen LogP) is 4.08. The highest BCUT2D eigenvalue weighted by Crippen LogP contribution is 2.14. The minimum absolute atomic E-state index is 0. The van der Waals surface area contributed by atoms with Gasteiger partial charge in [-0.25, -0.2) is 0 Å². The van der Waals surface area contributed by atoms with Crippen LogP contribution in [0.2, 0.25) is 0 Å². The highest BCUT2D eigenvalue weighted by atomic mass is 79.9. The number of unbranched alkanes of at least 4 members (excludes halogenated alkanes) is 15. The molecule has 27 heavy (non-hydrogen) atoms. The molecule has 0 fully saturated rings. The van der Waals surface area contributed by atoms with Crippen molar-refractivity contribution in [3.8, 4) is 0 Å². The van der Waals surface area contributed by atoms with Crippen LogP contribution in [0.4, 0.5) is 0 Å². The fourth-order valence-electron chi connectivity index (χ4n) is 3.80. The van der Waals surface area contributed by atoms with Gasteiger partial charge in [0.2, 0.25) is 0 Å². The summed E-state index contributed by atoms with van der Waals surface area (Å²) in [7, 11) is 4.47. The Kier molecular flexibility index (Phi) is 23.7. The normalized spacial score (nSPS) is 12.8. The lowest BCUT2D eigenvalue weighted by atomic mass is 10.0. The van der Waals surface area contributed by atoms with Crippen molar-refractivity contribution < 1.29 is 22.0 Å². The number of hydrogen-bond donors (Lipinski definition) is 1. The second kappa shape index (κ2) is 21.4. The topological polar surface area (TPSA) is 20.2 Å². The van der Waals surface area contributed by atoms with E-state index in [1.54, 1.807) is 0 Å². The smallest absolute Gasteiger partial charge is 0.112 e. The van der Waals surface area contributed by atoms with Gasteiger partial charge in [0, 0.05) is 5.33 Å². The summed E-state index contributed by atoms with van der Waals surface area (Å²) < 4.78 is 0.936. The molecule has 0 spiro atoms. The van der Waals surface area contributed by atoms with Gasteiger partial charge in [-0.2, -0.15) is 0 Å². The Morgan fingerprint density at radius 2 is 1.00 bits per heavy atom. The third-order valence-electron chi connectivity index (χ3n) is 5.50. The van der Waals surface area contributed by atoms with E-state index in [2.05, 4.69) is 36.9 Å². The van der Waals surface area contributed by atoms with Crippen molar-refractivity contribution >= 4 is 15.9 Å². The first kappa shape index (κ1) is 29.9. The third kappa shape index (κ3) is 22.8. The number of hydrogen-bond acceptors (Lipinski definition) is 1.